The third kappa shape index (κ3) is 2.24. The zero-order valence-electron chi connectivity index (χ0n) is 10.6. The number of anilines is 2. The molecule has 0 saturated carbocycles. The molecule has 6 heteroatoms. The number of amides is 1. The van der Waals surface area contributed by atoms with Crippen LogP contribution in [0.4, 0.5) is 11.4 Å². The van der Waals surface area contributed by atoms with Crippen molar-refractivity contribution in [2.45, 2.75) is 0 Å². The molecule has 0 spiro atoms. The summed E-state index contributed by atoms with van der Waals surface area (Å²) in [6.45, 7) is 0.201. The van der Waals surface area contributed by atoms with Gasteiger partial charge in [-0.15, -0.1) is 0 Å². The van der Waals surface area contributed by atoms with E-state index in [-0.39, 0.29) is 12.7 Å². The van der Waals surface area contributed by atoms with E-state index in [9.17, 15) is 4.79 Å². The van der Waals surface area contributed by atoms with Crippen LogP contribution in [0.3, 0.4) is 0 Å². The van der Waals surface area contributed by atoms with Gasteiger partial charge in [0.2, 0.25) is 6.79 Å². The van der Waals surface area contributed by atoms with Crippen LogP contribution in [0.25, 0.3) is 0 Å². The van der Waals surface area contributed by atoms with Crippen molar-refractivity contribution in [2.75, 3.05) is 17.5 Å². The number of hydrogen-bond donors (Lipinski definition) is 3. The number of rotatable bonds is 3. The van der Waals surface area contributed by atoms with Crippen molar-refractivity contribution >= 4 is 17.3 Å². The van der Waals surface area contributed by atoms with Gasteiger partial charge in [-0.2, -0.15) is 0 Å². The highest BCUT2D eigenvalue weighted by Gasteiger charge is 2.15. The maximum Gasteiger partial charge on any atom is 0.257 e. The maximum atomic E-state index is 12.2. The van der Waals surface area contributed by atoms with Crippen molar-refractivity contribution in [3.8, 4) is 11.5 Å². The lowest BCUT2D eigenvalue weighted by atomic mass is 10.1. The molecule has 2 aromatic rings. The lowest BCUT2D eigenvalue weighted by Gasteiger charge is -2.09. The van der Waals surface area contributed by atoms with Gasteiger partial charge >= 0.3 is 0 Å². The molecule has 20 heavy (non-hydrogen) atoms. The summed E-state index contributed by atoms with van der Waals surface area (Å²) in [5.74, 6) is 6.43. The van der Waals surface area contributed by atoms with Crippen molar-refractivity contribution in [2.24, 2.45) is 5.84 Å². The van der Waals surface area contributed by atoms with Crippen LogP contribution < -0.4 is 26.1 Å². The highest BCUT2D eigenvalue weighted by atomic mass is 16.7. The summed E-state index contributed by atoms with van der Waals surface area (Å²) in [5, 5.41) is 2.79. The van der Waals surface area contributed by atoms with Crippen LogP contribution in [0.1, 0.15) is 10.4 Å². The lowest BCUT2D eigenvalue weighted by molar-refractivity contribution is 0.102. The van der Waals surface area contributed by atoms with Crippen LogP contribution >= 0.6 is 0 Å². The smallest absolute Gasteiger partial charge is 0.257 e. The van der Waals surface area contributed by atoms with E-state index in [4.69, 9.17) is 15.3 Å². The Morgan fingerprint density at radius 1 is 1.10 bits per heavy atom. The Balaban J connectivity index is 1.82. The van der Waals surface area contributed by atoms with Crippen LogP contribution in [-0.4, -0.2) is 12.7 Å². The largest absolute Gasteiger partial charge is 0.454 e. The van der Waals surface area contributed by atoms with Crippen LogP contribution in [0.15, 0.2) is 42.5 Å². The molecule has 1 amide bonds. The first-order chi connectivity index (χ1) is 9.78. The van der Waals surface area contributed by atoms with Crippen LogP contribution in [-0.2, 0) is 0 Å². The number of ether oxygens (including phenoxy) is 2. The number of fused-ring (bicyclic) bond motifs is 1. The second-order valence-electron chi connectivity index (χ2n) is 4.21. The molecule has 0 atom stereocenters. The molecule has 6 nitrogen and oxygen atoms in total. The number of nitrogen functional groups attached to an aromatic ring is 1. The molecular weight excluding hydrogens is 258 g/mol. The number of hydrazine groups is 1. The predicted molar refractivity (Wildman–Crippen MR) is 74.8 cm³/mol. The molecule has 102 valence electrons. The molecule has 0 unspecified atom stereocenters. The minimum atomic E-state index is -0.252. The zero-order valence-corrected chi connectivity index (χ0v) is 10.6. The van der Waals surface area contributed by atoms with Crippen molar-refractivity contribution in [1.29, 1.82) is 0 Å². The summed E-state index contributed by atoms with van der Waals surface area (Å²) in [5.41, 5.74) is 4.16. The Kier molecular flexibility index (Phi) is 3.14. The molecule has 0 fully saturated rings. The van der Waals surface area contributed by atoms with E-state index in [0.717, 1.165) is 0 Å². The Bertz CT molecular complexity index is 658. The Labute approximate surface area is 115 Å². The minimum Gasteiger partial charge on any atom is -0.454 e. The Hall–Kier alpha value is -2.73. The van der Waals surface area contributed by atoms with Crippen LogP contribution in [0, 0.1) is 0 Å². The molecule has 0 radical (unpaired) electrons. The average molecular weight is 271 g/mol. The van der Waals surface area contributed by atoms with Crippen molar-refractivity contribution in [1.82, 2.24) is 0 Å². The quantitative estimate of drug-likeness (QED) is 0.587. The summed E-state index contributed by atoms with van der Waals surface area (Å²) in [6, 6.07) is 12.2. The monoisotopic (exact) mass is 271 g/mol. The highest BCUT2D eigenvalue weighted by Crippen LogP contribution is 2.34. The van der Waals surface area contributed by atoms with Gasteiger partial charge in [-0.1, -0.05) is 12.1 Å². The fraction of sp³-hybridized carbons (Fsp3) is 0.0714. The van der Waals surface area contributed by atoms with E-state index >= 15 is 0 Å². The standard InChI is InChI=1S/C14H13N3O3/c15-17-11-4-2-1-3-10(11)14(18)16-9-5-6-12-13(7-9)20-8-19-12/h1-7,17H,8,15H2,(H,16,18). The van der Waals surface area contributed by atoms with Gasteiger partial charge in [-0.25, -0.2) is 0 Å². The first-order valence-electron chi connectivity index (χ1n) is 6.04. The molecule has 0 bridgehead atoms. The second-order valence-corrected chi connectivity index (χ2v) is 4.21. The van der Waals surface area contributed by atoms with Gasteiger partial charge in [0.1, 0.15) is 0 Å². The molecule has 0 saturated heterocycles. The predicted octanol–water partition coefficient (Wildman–Crippen LogP) is 1.95. The van der Waals surface area contributed by atoms with Crippen LogP contribution in [0.2, 0.25) is 0 Å². The van der Waals surface area contributed by atoms with Gasteiger partial charge in [0, 0.05) is 11.8 Å². The highest BCUT2D eigenvalue weighted by molar-refractivity contribution is 6.08. The molecular formula is C14H13N3O3. The second kappa shape index (κ2) is 5.10. The van der Waals surface area contributed by atoms with Gasteiger partial charge in [0.15, 0.2) is 11.5 Å². The average Bonchev–Trinajstić information content (AvgIpc) is 2.94. The molecule has 0 aromatic heterocycles. The number of carbonyl (C=O) groups excluding carboxylic acids is 1. The third-order valence-corrected chi connectivity index (χ3v) is 2.96. The first-order valence-corrected chi connectivity index (χ1v) is 6.04. The fourth-order valence-electron chi connectivity index (χ4n) is 1.98. The van der Waals surface area contributed by atoms with Gasteiger partial charge in [-0.05, 0) is 24.3 Å². The number of para-hydroxylation sites is 1. The SMILES string of the molecule is NNc1ccccc1C(=O)Nc1ccc2c(c1)OCO2. The number of benzene rings is 2. The Morgan fingerprint density at radius 3 is 2.75 bits per heavy atom. The van der Waals surface area contributed by atoms with Crippen molar-refractivity contribution in [3.63, 3.8) is 0 Å². The van der Waals surface area contributed by atoms with E-state index < -0.39 is 0 Å². The molecule has 1 heterocycles. The summed E-state index contributed by atoms with van der Waals surface area (Å²) in [7, 11) is 0. The normalized spacial score (nSPS) is 12.1. The first kappa shape index (κ1) is 12.3. The van der Waals surface area contributed by atoms with E-state index in [0.29, 0.717) is 28.4 Å². The van der Waals surface area contributed by atoms with Gasteiger partial charge in [0.25, 0.3) is 5.91 Å². The van der Waals surface area contributed by atoms with Crippen molar-refractivity contribution < 1.29 is 14.3 Å². The summed E-state index contributed by atoms with van der Waals surface area (Å²) < 4.78 is 10.5. The number of carbonyl (C=O) groups is 1. The summed E-state index contributed by atoms with van der Waals surface area (Å²) >= 11 is 0. The van der Waals surface area contributed by atoms with Gasteiger partial charge in [0.05, 0.1) is 11.3 Å². The minimum absolute atomic E-state index is 0.201. The Morgan fingerprint density at radius 2 is 1.90 bits per heavy atom. The molecule has 0 aliphatic carbocycles. The molecule has 2 aromatic carbocycles. The third-order valence-electron chi connectivity index (χ3n) is 2.96. The molecule has 3 rings (SSSR count). The molecule has 1 aliphatic rings. The molecule has 1 aliphatic heterocycles. The van der Waals surface area contributed by atoms with Crippen LogP contribution in [0.5, 0.6) is 11.5 Å². The summed E-state index contributed by atoms with van der Waals surface area (Å²) in [6.07, 6.45) is 0. The number of nitrogens with one attached hydrogen (secondary N) is 2. The lowest BCUT2D eigenvalue weighted by Crippen LogP contribution is -2.17. The van der Waals surface area contributed by atoms with Gasteiger partial charge < -0.3 is 20.2 Å². The van der Waals surface area contributed by atoms with Crippen molar-refractivity contribution in [3.05, 3.63) is 48.0 Å². The van der Waals surface area contributed by atoms with E-state index in [1.807, 2.05) is 0 Å². The topological polar surface area (TPSA) is 85.6 Å². The zero-order chi connectivity index (χ0) is 13.9. The maximum absolute atomic E-state index is 12.2. The van der Waals surface area contributed by atoms with E-state index in [1.54, 1.807) is 42.5 Å². The number of hydrogen-bond acceptors (Lipinski definition) is 5. The summed E-state index contributed by atoms with van der Waals surface area (Å²) in [4.78, 5) is 12.2. The number of nitrogens with two attached hydrogens (primary N) is 1. The van der Waals surface area contributed by atoms with Gasteiger partial charge in [-0.3, -0.25) is 10.6 Å². The van der Waals surface area contributed by atoms with E-state index in [2.05, 4.69) is 10.7 Å². The fourth-order valence-corrected chi connectivity index (χ4v) is 1.98. The van der Waals surface area contributed by atoms with E-state index in [1.165, 1.54) is 0 Å². The molecule has 4 N–H and O–H groups in total.